The maximum absolute atomic E-state index is 9.22. The summed E-state index contributed by atoms with van der Waals surface area (Å²) >= 11 is 0. The fourth-order valence-corrected chi connectivity index (χ4v) is 2.17. The van der Waals surface area contributed by atoms with Crippen LogP contribution < -0.4 is 5.73 Å². The summed E-state index contributed by atoms with van der Waals surface area (Å²) in [5.74, 6) is 0. The zero-order valence-corrected chi connectivity index (χ0v) is 9.26. The van der Waals surface area contributed by atoms with Crippen LogP contribution in [0, 0.1) is 0 Å². The van der Waals surface area contributed by atoms with Crippen LogP contribution in [0.4, 0.5) is 0 Å². The van der Waals surface area contributed by atoms with Gasteiger partial charge in [-0.15, -0.1) is 0 Å². The van der Waals surface area contributed by atoms with E-state index in [1.54, 1.807) is 0 Å². The first-order valence-corrected chi connectivity index (χ1v) is 5.80. The van der Waals surface area contributed by atoms with Crippen LogP contribution in [0.2, 0.25) is 0 Å². The van der Waals surface area contributed by atoms with Gasteiger partial charge in [0.1, 0.15) is 0 Å². The number of nitrogens with zero attached hydrogens (tertiary/aromatic N) is 2. The van der Waals surface area contributed by atoms with Gasteiger partial charge in [-0.25, -0.2) is 0 Å². The largest absolute Gasteiger partial charge is 0.390 e. The number of aromatic nitrogens is 1. The lowest BCUT2D eigenvalue weighted by Crippen LogP contribution is -2.49. The molecule has 0 unspecified atom stereocenters. The second kappa shape index (κ2) is 3.52. The van der Waals surface area contributed by atoms with Crippen molar-refractivity contribution in [2.24, 2.45) is 5.73 Å². The fraction of sp³-hybridized carbons (Fsp3) is 0.583. The molecule has 3 N–H and O–H groups in total. The zero-order chi connectivity index (χ0) is 11.2. The van der Waals surface area contributed by atoms with Crippen molar-refractivity contribution in [3.8, 4) is 0 Å². The van der Waals surface area contributed by atoms with Gasteiger partial charge in [0, 0.05) is 25.8 Å². The number of hydrogen-bond acceptors (Lipinski definition) is 4. The average molecular weight is 219 g/mol. The van der Waals surface area contributed by atoms with E-state index in [-0.39, 0.29) is 11.6 Å². The summed E-state index contributed by atoms with van der Waals surface area (Å²) in [7, 11) is 0. The van der Waals surface area contributed by atoms with Crippen molar-refractivity contribution in [2.45, 2.75) is 31.0 Å². The first kappa shape index (κ1) is 10.2. The molecule has 4 heteroatoms. The number of aliphatic hydroxyl groups excluding tert-OH is 1. The monoisotopic (exact) mass is 219 g/mol. The minimum absolute atomic E-state index is 0.134. The minimum atomic E-state index is -0.148. The third-order valence-electron chi connectivity index (χ3n) is 3.47. The predicted molar refractivity (Wildman–Crippen MR) is 60.6 cm³/mol. The Kier molecular flexibility index (Phi) is 2.24. The van der Waals surface area contributed by atoms with Crippen molar-refractivity contribution in [1.82, 2.24) is 9.88 Å². The maximum atomic E-state index is 9.22. The van der Waals surface area contributed by atoms with Crippen LogP contribution in [0.5, 0.6) is 0 Å². The molecule has 1 aromatic heterocycles. The Bertz CT molecular complexity index is 397. The smallest absolute Gasteiger partial charge is 0.0794 e. The Morgan fingerprint density at radius 3 is 2.88 bits per heavy atom. The molecule has 0 amide bonds. The molecule has 1 aliphatic heterocycles. The lowest BCUT2D eigenvalue weighted by molar-refractivity contribution is -0.00289. The van der Waals surface area contributed by atoms with Crippen LogP contribution in [0.15, 0.2) is 18.3 Å². The zero-order valence-electron chi connectivity index (χ0n) is 9.26. The summed E-state index contributed by atoms with van der Waals surface area (Å²) in [5.41, 5.74) is 8.24. The molecule has 1 saturated carbocycles. The van der Waals surface area contributed by atoms with Gasteiger partial charge in [-0.1, -0.05) is 0 Å². The molecule has 4 nitrogen and oxygen atoms in total. The Labute approximate surface area is 95.1 Å². The molecule has 0 spiro atoms. The summed E-state index contributed by atoms with van der Waals surface area (Å²) in [6, 6.07) is 4.14. The van der Waals surface area contributed by atoms with E-state index in [0.29, 0.717) is 0 Å². The van der Waals surface area contributed by atoms with Crippen LogP contribution in [0.1, 0.15) is 24.1 Å². The third kappa shape index (κ3) is 1.84. The van der Waals surface area contributed by atoms with Gasteiger partial charge in [-0.3, -0.25) is 9.88 Å². The van der Waals surface area contributed by atoms with Gasteiger partial charge in [0.2, 0.25) is 0 Å². The highest BCUT2D eigenvalue weighted by atomic mass is 16.3. The number of pyridine rings is 1. The average Bonchev–Trinajstić information content (AvgIpc) is 2.96. The summed E-state index contributed by atoms with van der Waals surface area (Å²) in [4.78, 5) is 6.57. The van der Waals surface area contributed by atoms with Crippen molar-refractivity contribution < 1.29 is 5.11 Å². The quantitative estimate of drug-likeness (QED) is 0.762. The molecule has 1 aromatic rings. The second-order valence-electron chi connectivity index (χ2n) is 5.05. The van der Waals surface area contributed by atoms with Crippen LogP contribution in [0.25, 0.3) is 0 Å². The number of likely N-dealkylation sites (tertiary alicyclic amines) is 1. The molecule has 0 bridgehead atoms. The molecule has 2 fully saturated rings. The fourth-order valence-electron chi connectivity index (χ4n) is 2.17. The number of β-amino-alcohol motifs (C(OH)–C–C–N with tert-alkyl or cyclic N) is 1. The van der Waals surface area contributed by atoms with E-state index in [9.17, 15) is 5.11 Å². The molecule has 1 saturated heterocycles. The van der Waals surface area contributed by atoms with Crippen molar-refractivity contribution in [3.05, 3.63) is 29.6 Å². The number of rotatable bonds is 3. The highest BCUT2D eigenvalue weighted by molar-refractivity contribution is 5.26. The standard InChI is InChI=1S/C12H17N3O/c13-12(2-3-12)11-5-9(1-4-14-11)6-15-7-10(16)8-15/h1,4-5,10,16H,2-3,6-8,13H2. The summed E-state index contributed by atoms with van der Waals surface area (Å²) < 4.78 is 0. The van der Waals surface area contributed by atoms with E-state index in [2.05, 4.69) is 16.0 Å². The van der Waals surface area contributed by atoms with Gasteiger partial charge >= 0.3 is 0 Å². The first-order chi connectivity index (χ1) is 7.66. The van der Waals surface area contributed by atoms with Crippen LogP contribution in [0.3, 0.4) is 0 Å². The molecule has 3 rings (SSSR count). The number of nitrogens with two attached hydrogens (primary N) is 1. The van der Waals surface area contributed by atoms with Gasteiger partial charge < -0.3 is 10.8 Å². The van der Waals surface area contributed by atoms with E-state index in [1.165, 1.54) is 5.56 Å². The van der Waals surface area contributed by atoms with Crippen LogP contribution in [-0.4, -0.2) is 34.2 Å². The first-order valence-electron chi connectivity index (χ1n) is 5.80. The normalized spacial score (nSPS) is 24.1. The van der Waals surface area contributed by atoms with Crippen molar-refractivity contribution in [3.63, 3.8) is 0 Å². The molecular weight excluding hydrogens is 202 g/mol. The third-order valence-corrected chi connectivity index (χ3v) is 3.47. The van der Waals surface area contributed by atoms with E-state index in [4.69, 9.17) is 5.73 Å². The summed E-state index contributed by atoms with van der Waals surface area (Å²) in [6.07, 6.45) is 3.80. The van der Waals surface area contributed by atoms with E-state index < -0.39 is 0 Å². The van der Waals surface area contributed by atoms with E-state index >= 15 is 0 Å². The molecule has 2 heterocycles. The maximum Gasteiger partial charge on any atom is 0.0794 e. The Balaban J connectivity index is 1.70. The lowest BCUT2D eigenvalue weighted by atomic mass is 10.1. The number of hydrogen-bond donors (Lipinski definition) is 2. The van der Waals surface area contributed by atoms with Crippen molar-refractivity contribution in [2.75, 3.05) is 13.1 Å². The topological polar surface area (TPSA) is 62.4 Å². The Hall–Kier alpha value is -0.970. The summed E-state index contributed by atoms with van der Waals surface area (Å²) in [6.45, 7) is 2.46. The number of aliphatic hydroxyl groups is 1. The minimum Gasteiger partial charge on any atom is -0.390 e. The van der Waals surface area contributed by atoms with Gasteiger partial charge in [0.05, 0.1) is 17.3 Å². The molecular formula is C12H17N3O. The molecule has 86 valence electrons. The van der Waals surface area contributed by atoms with Crippen molar-refractivity contribution in [1.29, 1.82) is 0 Å². The van der Waals surface area contributed by atoms with Gasteiger partial charge in [0.15, 0.2) is 0 Å². The molecule has 0 radical (unpaired) electrons. The highest BCUT2D eigenvalue weighted by Crippen LogP contribution is 2.41. The van der Waals surface area contributed by atoms with Gasteiger partial charge in [0.25, 0.3) is 0 Å². The van der Waals surface area contributed by atoms with Crippen LogP contribution >= 0.6 is 0 Å². The lowest BCUT2D eigenvalue weighted by Gasteiger charge is -2.35. The molecule has 0 aromatic carbocycles. The van der Waals surface area contributed by atoms with E-state index in [0.717, 1.165) is 38.2 Å². The summed E-state index contributed by atoms with van der Waals surface area (Å²) in [5, 5.41) is 9.22. The van der Waals surface area contributed by atoms with Crippen molar-refractivity contribution >= 4 is 0 Å². The van der Waals surface area contributed by atoms with Gasteiger partial charge in [-0.2, -0.15) is 0 Å². The van der Waals surface area contributed by atoms with Gasteiger partial charge in [-0.05, 0) is 30.5 Å². The SMILES string of the molecule is NC1(c2cc(CN3CC(O)C3)ccn2)CC1. The highest BCUT2D eigenvalue weighted by Gasteiger charge is 2.41. The predicted octanol–water partition coefficient (Wildman–Crippen LogP) is 0.206. The molecule has 2 aliphatic rings. The van der Waals surface area contributed by atoms with E-state index in [1.807, 2.05) is 12.3 Å². The molecule has 0 atom stereocenters. The molecule has 1 aliphatic carbocycles. The van der Waals surface area contributed by atoms with Crippen LogP contribution in [-0.2, 0) is 12.1 Å². The Morgan fingerprint density at radius 1 is 1.50 bits per heavy atom. The Morgan fingerprint density at radius 2 is 2.25 bits per heavy atom. The second-order valence-corrected chi connectivity index (χ2v) is 5.05. The molecule has 16 heavy (non-hydrogen) atoms.